The van der Waals surface area contributed by atoms with Crippen LogP contribution in [0.2, 0.25) is 0 Å². The van der Waals surface area contributed by atoms with Gasteiger partial charge in [-0.3, -0.25) is 4.79 Å². The summed E-state index contributed by atoms with van der Waals surface area (Å²) in [7, 11) is 0. The number of ether oxygens (including phenoxy) is 1. The fourth-order valence-corrected chi connectivity index (χ4v) is 2.97. The maximum Gasteiger partial charge on any atom is 0.372 e. The summed E-state index contributed by atoms with van der Waals surface area (Å²) in [6.07, 6.45) is 0. The van der Waals surface area contributed by atoms with E-state index in [2.05, 4.69) is 0 Å². The first kappa shape index (κ1) is 13.3. The highest BCUT2D eigenvalue weighted by Crippen LogP contribution is 2.38. The van der Waals surface area contributed by atoms with Gasteiger partial charge in [-0.05, 0) is 6.92 Å². The van der Waals surface area contributed by atoms with Crippen molar-refractivity contribution in [2.45, 2.75) is 11.1 Å². The molecule has 1 aromatic rings. The van der Waals surface area contributed by atoms with Crippen molar-refractivity contribution in [3.8, 4) is 6.07 Å². The van der Waals surface area contributed by atoms with Crippen LogP contribution in [0.4, 0.5) is 10.5 Å². The Morgan fingerprint density at radius 2 is 2.24 bits per heavy atom. The van der Waals surface area contributed by atoms with Gasteiger partial charge in [0, 0.05) is 11.8 Å². The molecule has 0 bridgehead atoms. The average Bonchev–Trinajstić information content (AvgIpc) is 2.55. The van der Waals surface area contributed by atoms with Gasteiger partial charge in [0.1, 0.15) is 16.5 Å². The molecule has 0 aliphatic rings. The lowest BCUT2D eigenvalue weighted by Gasteiger charge is -1.98. The van der Waals surface area contributed by atoms with E-state index in [0.717, 1.165) is 23.1 Å². The minimum atomic E-state index is -0.722. The number of nitriles is 1. The lowest BCUT2D eigenvalue weighted by Crippen LogP contribution is -2.10. The van der Waals surface area contributed by atoms with E-state index in [9.17, 15) is 9.59 Å². The lowest BCUT2D eigenvalue weighted by atomic mass is 10.3. The minimum Gasteiger partial charge on any atom is -0.458 e. The van der Waals surface area contributed by atoms with Crippen LogP contribution in [-0.2, 0) is 4.74 Å². The summed E-state index contributed by atoms with van der Waals surface area (Å²) in [5, 5.41) is 8.34. The summed E-state index contributed by atoms with van der Waals surface area (Å²) in [5.41, 5.74) is 10.8. The highest BCUT2D eigenvalue weighted by atomic mass is 32.2. The largest absolute Gasteiger partial charge is 0.458 e. The van der Waals surface area contributed by atoms with Crippen LogP contribution in [0.25, 0.3) is 0 Å². The van der Waals surface area contributed by atoms with Crippen LogP contribution >= 0.6 is 23.1 Å². The molecule has 0 aromatic carbocycles. The van der Waals surface area contributed by atoms with E-state index in [0.29, 0.717) is 4.21 Å². The molecule has 0 saturated carbocycles. The Hall–Kier alpha value is -1.72. The van der Waals surface area contributed by atoms with Gasteiger partial charge < -0.3 is 16.2 Å². The zero-order valence-corrected chi connectivity index (χ0v) is 10.5. The molecule has 4 N–H and O–H groups in total. The molecule has 17 heavy (non-hydrogen) atoms. The van der Waals surface area contributed by atoms with E-state index in [1.54, 1.807) is 6.92 Å². The van der Waals surface area contributed by atoms with Crippen LogP contribution < -0.4 is 11.5 Å². The number of carbonyl (C=O) groups excluding carboxylic acids is 2. The quantitative estimate of drug-likeness (QED) is 0.635. The maximum absolute atomic E-state index is 11.3. The van der Waals surface area contributed by atoms with Gasteiger partial charge in [-0.15, -0.1) is 11.3 Å². The summed E-state index contributed by atoms with van der Waals surface area (Å²) < 4.78 is 5.04. The second-order valence-corrected chi connectivity index (χ2v) is 4.99. The maximum atomic E-state index is 11.3. The molecule has 0 spiro atoms. The number of nitrogen functional groups attached to an aromatic ring is 1. The Kier molecular flexibility index (Phi) is 4.37. The molecular formula is C9H9N3O3S2. The number of anilines is 1. The van der Waals surface area contributed by atoms with Gasteiger partial charge in [0.2, 0.25) is 0 Å². The van der Waals surface area contributed by atoms with Crippen molar-refractivity contribution in [2.24, 2.45) is 5.73 Å². The normalized spacial score (nSPS) is 9.65. The van der Waals surface area contributed by atoms with Gasteiger partial charge in [0.05, 0.1) is 16.5 Å². The third kappa shape index (κ3) is 2.89. The van der Waals surface area contributed by atoms with Crippen LogP contribution in [0.5, 0.6) is 0 Å². The standard InChI is InChI=1S/C9H9N3O3S2/c1-2-15-9(14)17-8-4(3-10)5(11)6(16-8)7(12)13/h2,11H2,1H3,(H2,12,13). The molecule has 0 fully saturated rings. The van der Waals surface area contributed by atoms with Crippen molar-refractivity contribution in [1.29, 1.82) is 5.26 Å². The fourth-order valence-electron chi connectivity index (χ4n) is 1.01. The summed E-state index contributed by atoms with van der Waals surface area (Å²) in [6, 6.07) is 1.84. The third-order valence-corrected chi connectivity index (χ3v) is 3.88. The molecule has 0 radical (unpaired) electrons. The van der Waals surface area contributed by atoms with E-state index in [1.165, 1.54) is 0 Å². The molecule has 6 nitrogen and oxygen atoms in total. The minimum absolute atomic E-state index is 0.0109. The van der Waals surface area contributed by atoms with E-state index < -0.39 is 11.2 Å². The van der Waals surface area contributed by atoms with Crippen LogP contribution in [0.1, 0.15) is 22.2 Å². The zero-order valence-electron chi connectivity index (χ0n) is 8.85. The SMILES string of the molecule is CCOC(=O)Sc1sc(C(N)=O)c(N)c1C#N. The van der Waals surface area contributed by atoms with Crippen LogP contribution in [0.3, 0.4) is 0 Å². The zero-order chi connectivity index (χ0) is 13.0. The number of hydrogen-bond donors (Lipinski definition) is 2. The van der Waals surface area contributed by atoms with Crippen molar-refractivity contribution in [2.75, 3.05) is 12.3 Å². The Bertz CT molecular complexity index is 504. The van der Waals surface area contributed by atoms with Crippen molar-refractivity contribution in [1.82, 2.24) is 0 Å². The molecule has 1 amide bonds. The molecule has 0 unspecified atom stereocenters. The summed E-state index contributed by atoms with van der Waals surface area (Å²) in [6.45, 7) is 1.90. The number of nitrogens with zero attached hydrogens (tertiary/aromatic N) is 1. The third-order valence-electron chi connectivity index (χ3n) is 1.69. The number of amides is 1. The number of nitrogens with two attached hydrogens (primary N) is 2. The molecule has 0 saturated heterocycles. The van der Waals surface area contributed by atoms with Crippen molar-refractivity contribution < 1.29 is 14.3 Å². The number of hydrogen-bond acceptors (Lipinski definition) is 7. The fraction of sp³-hybridized carbons (Fsp3) is 0.222. The summed E-state index contributed by atoms with van der Waals surface area (Å²) in [4.78, 5) is 22.4. The predicted octanol–water partition coefficient (Wildman–Crippen LogP) is 1.55. The van der Waals surface area contributed by atoms with Gasteiger partial charge in [-0.1, -0.05) is 0 Å². The molecule has 0 atom stereocenters. The Balaban J connectivity index is 3.08. The highest BCUT2D eigenvalue weighted by molar-refractivity contribution is 8.14. The number of rotatable bonds is 3. The van der Waals surface area contributed by atoms with Crippen molar-refractivity contribution in [3.05, 3.63) is 10.4 Å². The Morgan fingerprint density at radius 3 is 2.71 bits per heavy atom. The first-order valence-electron chi connectivity index (χ1n) is 4.48. The van der Waals surface area contributed by atoms with Crippen molar-refractivity contribution in [3.63, 3.8) is 0 Å². The highest BCUT2D eigenvalue weighted by Gasteiger charge is 2.22. The smallest absolute Gasteiger partial charge is 0.372 e. The molecule has 8 heteroatoms. The van der Waals surface area contributed by atoms with Gasteiger partial charge in [-0.2, -0.15) is 5.26 Å². The first-order chi connectivity index (χ1) is 8.01. The van der Waals surface area contributed by atoms with E-state index >= 15 is 0 Å². The molecule has 1 heterocycles. The number of thioether (sulfide) groups is 1. The monoisotopic (exact) mass is 271 g/mol. The average molecular weight is 271 g/mol. The van der Waals surface area contributed by atoms with E-state index in [-0.39, 0.29) is 22.7 Å². The number of carbonyl (C=O) groups is 2. The first-order valence-corrected chi connectivity index (χ1v) is 6.11. The van der Waals surface area contributed by atoms with Crippen LogP contribution in [-0.4, -0.2) is 17.8 Å². The molecule has 0 aliphatic heterocycles. The van der Waals surface area contributed by atoms with E-state index in [4.69, 9.17) is 21.5 Å². The number of thiophene rings is 1. The summed E-state index contributed by atoms with van der Waals surface area (Å²) in [5.74, 6) is -0.722. The van der Waals surface area contributed by atoms with E-state index in [1.807, 2.05) is 6.07 Å². The molecule has 1 rings (SSSR count). The summed E-state index contributed by atoms with van der Waals surface area (Å²) >= 11 is 1.63. The van der Waals surface area contributed by atoms with Crippen LogP contribution in [0, 0.1) is 11.3 Å². The second kappa shape index (κ2) is 5.56. The van der Waals surface area contributed by atoms with Crippen molar-refractivity contribution >= 4 is 40.0 Å². The molecule has 90 valence electrons. The molecule has 1 aromatic heterocycles. The van der Waals surface area contributed by atoms with Gasteiger partial charge >= 0.3 is 5.30 Å². The molecular weight excluding hydrogens is 262 g/mol. The Morgan fingerprint density at radius 1 is 1.59 bits per heavy atom. The van der Waals surface area contributed by atoms with Gasteiger partial charge in [-0.25, -0.2) is 4.79 Å². The van der Waals surface area contributed by atoms with Crippen LogP contribution in [0.15, 0.2) is 4.21 Å². The number of primary amides is 1. The topological polar surface area (TPSA) is 119 Å². The van der Waals surface area contributed by atoms with Gasteiger partial charge in [0.25, 0.3) is 5.91 Å². The second-order valence-electron chi connectivity index (χ2n) is 2.77. The van der Waals surface area contributed by atoms with Gasteiger partial charge in [0.15, 0.2) is 0 Å². The predicted molar refractivity (Wildman–Crippen MR) is 64.8 cm³/mol. The molecule has 0 aliphatic carbocycles. The Labute approximate surface area is 106 Å². The lowest BCUT2D eigenvalue weighted by molar-refractivity contribution is 0.100.